The summed E-state index contributed by atoms with van der Waals surface area (Å²) in [6.45, 7) is 0.116. The van der Waals surface area contributed by atoms with Crippen LogP contribution >= 0.6 is 11.8 Å². The van der Waals surface area contributed by atoms with Crippen LogP contribution < -0.4 is 5.32 Å². The van der Waals surface area contributed by atoms with Crippen molar-refractivity contribution in [2.75, 3.05) is 11.9 Å². The molecule has 3 amide bonds. The maximum atomic E-state index is 12.5. The predicted octanol–water partition coefficient (Wildman–Crippen LogP) is 3.84. The summed E-state index contributed by atoms with van der Waals surface area (Å²) >= 11 is 0.876. The van der Waals surface area contributed by atoms with Crippen molar-refractivity contribution >= 4 is 46.5 Å². The second-order valence-electron chi connectivity index (χ2n) is 6.25. The van der Waals surface area contributed by atoms with Crippen molar-refractivity contribution in [3.63, 3.8) is 0 Å². The molecule has 0 atom stereocenters. The lowest BCUT2D eigenvalue weighted by molar-refractivity contribution is -0.123. The van der Waals surface area contributed by atoms with Gasteiger partial charge in [0.2, 0.25) is 5.91 Å². The van der Waals surface area contributed by atoms with Crippen molar-refractivity contribution in [1.82, 2.24) is 4.90 Å². The van der Waals surface area contributed by atoms with Gasteiger partial charge in [-0.25, -0.2) is 4.79 Å². The first-order valence-corrected chi connectivity index (χ1v) is 9.70. The number of carboxylic acid groups (broad SMARTS) is 1. The van der Waals surface area contributed by atoms with E-state index in [9.17, 15) is 19.2 Å². The van der Waals surface area contributed by atoms with Crippen LogP contribution in [0.1, 0.15) is 28.8 Å². The minimum absolute atomic E-state index is 0.00200. The first-order chi connectivity index (χ1) is 14.0. The van der Waals surface area contributed by atoms with E-state index in [1.165, 1.54) is 12.1 Å². The monoisotopic (exact) mass is 410 g/mol. The minimum atomic E-state index is -1.14. The Morgan fingerprint density at radius 3 is 2.45 bits per heavy atom. The highest BCUT2D eigenvalue weighted by atomic mass is 32.2. The zero-order valence-electron chi connectivity index (χ0n) is 15.3. The third-order valence-electron chi connectivity index (χ3n) is 4.19. The normalized spacial score (nSPS) is 15.0. The molecule has 148 valence electrons. The van der Waals surface area contributed by atoms with Gasteiger partial charge in [-0.15, -0.1) is 0 Å². The molecule has 2 N–H and O–H groups in total. The first kappa shape index (κ1) is 20.3. The molecule has 1 aliphatic heterocycles. The summed E-state index contributed by atoms with van der Waals surface area (Å²) in [5.41, 5.74) is 1.04. The molecule has 1 saturated heterocycles. The van der Waals surface area contributed by atoms with E-state index in [2.05, 4.69) is 5.32 Å². The van der Waals surface area contributed by atoms with Gasteiger partial charge in [0.15, 0.2) is 0 Å². The highest BCUT2D eigenvalue weighted by Gasteiger charge is 2.34. The number of thioether (sulfide) groups is 1. The van der Waals surface area contributed by atoms with E-state index in [1.54, 1.807) is 18.2 Å². The van der Waals surface area contributed by atoms with Gasteiger partial charge in [-0.05, 0) is 42.0 Å². The predicted molar refractivity (Wildman–Crippen MR) is 110 cm³/mol. The summed E-state index contributed by atoms with van der Waals surface area (Å²) in [5, 5.41) is 11.3. The minimum Gasteiger partial charge on any atom is -0.478 e. The number of nitrogens with zero attached hydrogens (tertiary/aromatic N) is 1. The summed E-state index contributed by atoms with van der Waals surface area (Å²) in [6, 6.07) is 15.3. The van der Waals surface area contributed by atoms with Gasteiger partial charge in [0.1, 0.15) is 0 Å². The number of rotatable bonds is 7. The summed E-state index contributed by atoms with van der Waals surface area (Å²) in [7, 11) is 0. The lowest BCUT2D eigenvalue weighted by atomic mass is 10.1. The Hall–Kier alpha value is -3.39. The Bertz CT molecular complexity index is 988. The molecule has 0 aliphatic carbocycles. The number of amides is 3. The number of imide groups is 1. The topological polar surface area (TPSA) is 104 Å². The van der Waals surface area contributed by atoms with Crippen LogP contribution in [0.3, 0.4) is 0 Å². The molecule has 8 heteroatoms. The van der Waals surface area contributed by atoms with E-state index in [1.807, 2.05) is 30.3 Å². The number of hydrogen-bond donors (Lipinski definition) is 2. The van der Waals surface area contributed by atoms with E-state index >= 15 is 0 Å². The molecule has 1 aliphatic rings. The van der Waals surface area contributed by atoms with E-state index in [0.29, 0.717) is 4.91 Å². The van der Waals surface area contributed by atoms with Crippen LogP contribution in [-0.4, -0.2) is 39.6 Å². The fourth-order valence-corrected chi connectivity index (χ4v) is 3.65. The maximum Gasteiger partial charge on any atom is 0.337 e. The highest BCUT2D eigenvalue weighted by molar-refractivity contribution is 8.18. The molecule has 1 fully saturated rings. The lowest BCUT2D eigenvalue weighted by Gasteiger charge is -2.12. The summed E-state index contributed by atoms with van der Waals surface area (Å²) < 4.78 is 0. The average Bonchev–Trinajstić information content (AvgIpc) is 2.96. The quantitative estimate of drug-likeness (QED) is 0.672. The largest absolute Gasteiger partial charge is 0.478 e. The van der Waals surface area contributed by atoms with Crippen LogP contribution in [0.2, 0.25) is 0 Å². The molecule has 0 aromatic heterocycles. The Balaban J connectivity index is 1.55. The number of carboxylic acids is 1. The number of carbonyl (C=O) groups is 4. The van der Waals surface area contributed by atoms with Crippen LogP contribution in [0, 0.1) is 0 Å². The summed E-state index contributed by atoms with van der Waals surface area (Å²) in [6.07, 6.45) is 1.99. The molecule has 1 heterocycles. The molecular formula is C21H18N2O5S. The second kappa shape index (κ2) is 9.20. The smallest absolute Gasteiger partial charge is 0.337 e. The van der Waals surface area contributed by atoms with Crippen molar-refractivity contribution < 1.29 is 24.3 Å². The standard InChI is InChI=1S/C21H18N2O5S/c24-18(22-16-10-5-4-9-15(16)20(26)27)11-6-12-23-19(25)17(29-21(23)28)13-14-7-2-1-3-8-14/h1-5,7-10,13H,6,11-12H2,(H,22,24)(H,26,27). The zero-order valence-corrected chi connectivity index (χ0v) is 16.1. The maximum absolute atomic E-state index is 12.5. The fraction of sp³-hybridized carbons (Fsp3) is 0.143. The Kier molecular flexibility index (Phi) is 6.46. The van der Waals surface area contributed by atoms with Crippen LogP contribution in [-0.2, 0) is 9.59 Å². The van der Waals surface area contributed by atoms with Gasteiger partial charge in [0, 0.05) is 13.0 Å². The Morgan fingerprint density at radius 2 is 1.72 bits per heavy atom. The third kappa shape index (κ3) is 5.11. The number of carbonyl (C=O) groups excluding carboxylic acids is 3. The third-order valence-corrected chi connectivity index (χ3v) is 5.10. The first-order valence-electron chi connectivity index (χ1n) is 8.88. The molecule has 0 radical (unpaired) electrons. The molecular weight excluding hydrogens is 392 g/mol. The number of hydrogen-bond acceptors (Lipinski definition) is 5. The van der Waals surface area contributed by atoms with Crippen LogP contribution in [0.25, 0.3) is 6.08 Å². The van der Waals surface area contributed by atoms with Crippen molar-refractivity contribution in [3.05, 3.63) is 70.6 Å². The van der Waals surface area contributed by atoms with Crippen LogP contribution in [0.15, 0.2) is 59.5 Å². The van der Waals surface area contributed by atoms with Gasteiger partial charge in [-0.3, -0.25) is 19.3 Å². The number of aromatic carboxylic acids is 1. The van der Waals surface area contributed by atoms with E-state index in [0.717, 1.165) is 22.2 Å². The van der Waals surface area contributed by atoms with Crippen molar-refractivity contribution in [2.24, 2.45) is 0 Å². The molecule has 0 saturated carbocycles. The lowest BCUT2D eigenvalue weighted by Crippen LogP contribution is -2.29. The fourth-order valence-electron chi connectivity index (χ4n) is 2.78. The van der Waals surface area contributed by atoms with Crippen LogP contribution in [0.4, 0.5) is 10.5 Å². The molecule has 0 spiro atoms. The number of para-hydroxylation sites is 1. The Morgan fingerprint density at radius 1 is 1.03 bits per heavy atom. The average molecular weight is 410 g/mol. The van der Waals surface area contributed by atoms with Gasteiger partial charge < -0.3 is 10.4 Å². The SMILES string of the molecule is O=C(CCCN1C(=O)SC(=Cc2ccccc2)C1=O)Nc1ccccc1C(=O)O. The van der Waals surface area contributed by atoms with E-state index in [-0.39, 0.29) is 47.7 Å². The Labute approximate surface area is 171 Å². The van der Waals surface area contributed by atoms with Gasteiger partial charge in [-0.1, -0.05) is 42.5 Å². The molecule has 7 nitrogen and oxygen atoms in total. The molecule has 2 aromatic carbocycles. The van der Waals surface area contributed by atoms with E-state index < -0.39 is 5.97 Å². The molecule has 0 bridgehead atoms. The number of nitrogens with one attached hydrogen (secondary N) is 1. The van der Waals surface area contributed by atoms with Gasteiger partial charge in [0.25, 0.3) is 11.1 Å². The number of anilines is 1. The summed E-state index contributed by atoms with van der Waals surface area (Å²) in [4.78, 5) is 49.4. The van der Waals surface area contributed by atoms with Crippen molar-refractivity contribution in [3.8, 4) is 0 Å². The highest BCUT2D eigenvalue weighted by Crippen LogP contribution is 2.32. The second-order valence-corrected chi connectivity index (χ2v) is 7.24. The molecule has 0 unspecified atom stereocenters. The number of benzene rings is 2. The summed E-state index contributed by atoms with van der Waals surface area (Å²) in [5.74, 6) is -1.89. The van der Waals surface area contributed by atoms with Crippen molar-refractivity contribution in [2.45, 2.75) is 12.8 Å². The van der Waals surface area contributed by atoms with Gasteiger partial charge in [-0.2, -0.15) is 0 Å². The van der Waals surface area contributed by atoms with Crippen LogP contribution in [0.5, 0.6) is 0 Å². The van der Waals surface area contributed by atoms with Gasteiger partial charge >= 0.3 is 5.97 Å². The van der Waals surface area contributed by atoms with Gasteiger partial charge in [0.05, 0.1) is 16.2 Å². The molecule has 29 heavy (non-hydrogen) atoms. The molecule has 3 rings (SSSR count). The van der Waals surface area contributed by atoms with E-state index in [4.69, 9.17) is 5.11 Å². The van der Waals surface area contributed by atoms with Crippen molar-refractivity contribution in [1.29, 1.82) is 0 Å². The molecule has 2 aromatic rings. The zero-order chi connectivity index (χ0) is 20.8.